The highest BCUT2D eigenvalue weighted by Crippen LogP contribution is 2.18. The quantitative estimate of drug-likeness (QED) is 0.909. The van der Waals surface area contributed by atoms with Gasteiger partial charge in [-0.1, -0.05) is 0 Å². The average molecular weight is 291 g/mol. The SMILES string of the molecule is O=C(CC1CCNCC1)N1CCN(Cc2ccco2)CC1. The lowest BCUT2D eigenvalue weighted by atomic mass is 9.94. The van der Waals surface area contributed by atoms with Gasteiger partial charge >= 0.3 is 0 Å². The number of piperazine rings is 1. The molecule has 21 heavy (non-hydrogen) atoms. The van der Waals surface area contributed by atoms with Crippen molar-refractivity contribution in [3.05, 3.63) is 24.2 Å². The normalized spacial score (nSPS) is 21.6. The molecule has 1 aromatic heterocycles. The molecule has 3 rings (SSSR count). The van der Waals surface area contributed by atoms with Gasteiger partial charge in [-0.2, -0.15) is 0 Å². The maximum Gasteiger partial charge on any atom is 0.222 e. The van der Waals surface area contributed by atoms with Crippen LogP contribution in [0.25, 0.3) is 0 Å². The predicted octanol–water partition coefficient (Wildman–Crippen LogP) is 1.31. The molecule has 0 aliphatic carbocycles. The molecule has 2 saturated heterocycles. The van der Waals surface area contributed by atoms with E-state index in [1.54, 1.807) is 6.26 Å². The first-order valence-electron chi connectivity index (χ1n) is 8.04. The molecule has 0 radical (unpaired) electrons. The lowest BCUT2D eigenvalue weighted by molar-refractivity contribution is -0.134. The maximum absolute atomic E-state index is 12.4. The summed E-state index contributed by atoms with van der Waals surface area (Å²) in [4.78, 5) is 16.8. The topological polar surface area (TPSA) is 48.7 Å². The molecular weight excluding hydrogens is 266 g/mol. The molecular formula is C16H25N3O2. The smallest absolute Gasteiger partial charge is 0.222 e. The molecule has 116 valence electrons. The van der Waals surface area contributed by atoms with Crippen molar-refractivity contribution in [1.82, 2.24) is 15.1 Å². The van der Waals surface area contributed by atoms with E-state index >= 15 is 0 Å². The van der Waals surface area contributed by atoms with Crippen LogP contribution in [0.3, 0.4) is 0 Å². The third kappa shape index (κ3) is 4.08. The summed E-state index contributed by atoms with van der Waals surface area (Å²) in [5, 5.41) is 3.35. The second kappa shape index (κ2) is 7.09. The molecule has 3 heterocycles. The van der Waals surface area contributed by atoms with Crippen LogP contribution >= 0.6 is 0 Å². The van der Waals surface area contributed by atoms with Crippen molar-refractivity contribution in [3.63, 3.8) is 0 Å². The van der Waals surface area contributed by atoms with E-state index in [4.69, 9.17) is 4.42 Å². The van der Waals surface area contributed by atoms with E-state index in [0.29, 0.717) is 11.8 Å². The first-order valence-corrected chi connectivity index (χ1v) is 8.04. The monoisotopic (exact) mass is 291 g/mol. The van der Waals surface area contributed by atoms with Crippen LogP contribution in [0.2, 0.25) is 0 Å². The van der Waals surface area contributed by atoms with Gasteiger partial charge in [0.15, 0.2) is 0 Å². The van der Waals surface area contributed by atoms with Crippen molar-refractivity contribution in [2.45, 2.75) is 25.8 Å². The molecule has 5 nitrogen and oxygen atoms in total. The molecule has 2 aliphatic rings. The first kappa shape index (κ1) is 14.6. The summed E-state index contributed by atoms with van der Waals surface area (Å²) in [5.41, 5.74) is 0. The minimum atomic E-state index is 0.347. The van der Waals surface area contributed by atoms with Gasteiger partial charge in [0.05, 0.1) is 12.8 Å². The van der Waals surface area contributed by atoms with Gasteiger partial charge in [0.25, 0.3) is 0 Å². The number of hydrogen-bond acceptors (Lipinski definition) is 4. The molecule has 0 aromatic carbocycles. The van der Waals surface area contributed by atoms with Crippen molar-refractivity contribution >= 4 is 5.91 Å². The van der Waals surface area contributed by atoms with Crippen LogP contribution in [-0.4, -0.2) is 55.0 Å². The maximum atomic E-state index is 12.4. The van der Waals surface area contributed by atoms with Gasteiger partial charge in [-0.3, -0.25) is 9.69 Å². The molecule has 0 atom stereocenters. The molecule has 2 fully saturated rings. The van der Waals surface area contributed by atoms with Gasteiger partial charge in [0.1, 0.15) is 5.76 Å². The largest absolute Gasteiger partial charge is 0.468 e. The Balaban J connectivity index is 1.41. The highest BCUT2D eigenvalue weighted by molar-refractivity contribution is 5.76. The van der Waals surface area contributed by atoms with Gasteiger partial charge in [-0.25, -0.2) is 0 Å². The number of piperidine rings is 1. The molecule has 1 N–H and O–H groups in total. The third-order valence-corrected chi connectivity index (χ3v) is 4.61. The minimum Gasteiger partial charge on any atom is -0.468 e. The number of carbonyl (C=O) groups is 1. The van der Waals surface area contributed by atoms with Crippen molar-refractivity contribution in [2.24, 2.45) is 5.92 Å². The standard InChI is InChI=1S/C16H25N3O2/c20-16(12-14-3-5-17-6-4-14)19-9-7-18(8-10-19)13-15-2-1-11-21-15/h1-2,11,14,17H,3-10,12-13H2. The van der Waals surface area contributed by atoms with Crippen LogP contribution in [0.1, 0.15) is 25.0 Å². The first-order chi connectivity index (χ1) is 10.3. The lowest BCUT2D eigenvalue weighted by Crippen LogP contribution is -2.48. The molecule has 0 unspecified atom stereocenters. The van der Waals surface area contributed by atoms with Crippen molar-refractivity contribution in [1.29, 1.82) is 0 Å². The van der Waals surface area contributed by atoms with Crippen LogP contribution in [0.5, 0.6) is 0 Å². The van der Waals surface area contributed by atoms with Gasteiger partial charge < -0.3 is 14.6 Å². The molecule has 0 saturated carbocycles. The number of rotatable bonds is 4. The van der Waals surface area contributed by atoms with Crippen LogP contribution in [0.15, 0.2) is 22.8 Å². The zero-order valence-corrected chi connectivity index (χ0v) is 12.6. The minimum absolute atomic E-state index is 0.347. The van der Waals surface area contributed by atoms with Gasteiger partial charge in [0, 0.05) is 32.6 Å². The fraction of sp³-hybridized carbons (Fsp3) is 0.688. The Morgan fingerprint density at radius 1 is 1.24 bits per heavy atom. The second-order valence-corrected chi connectivity index (χ2v) is 6.13. The third-order valence-electron chi connectivity index (χ3n) is 4.61. The number of furan rings is 1. The fourth-order valence-electron chi connectivity index (χ4n) is 3.24. The van der Waals surface area contributed by atoms with Gasteiger partial charge in [-0.05, 0) is 44.0 Å². The summed E-state index contributed by atoms with van der Waals surface area (Å²) < 4.78 is 5.38. The number of amides is 1. The van der Waals surface area contributed by atoms with E-state index in [1.807, 2.05) is 17.0 Å². The predicted molar refractivity (Wildman–Crippen MR) is 80.8 cm³/mol. The Hall–Kier alpha value is -1.33. The zero-order chi connectivity index (χ0) is 14.5. The summed E-state index contributed by atoms with van der Waals surface area (Å²) in [6.45, 7) is 6.57. The Morgan fingerprint density at radius 2 is 2.00 bits per heavy atom. The molecule has 0 spiro atoms. The van der Waals surface area contributed by atoms with Crippen molar-refractivity contribution < 1.29 is 9.21 Å². The van der Waals surface area contributed by atoms with Crippen LogP contribution < -0.4 is 5.32 Å². The van der Waals surface area contributed by atoms with Gasteiger partial charge in [-0.15, -0.1) is 0 Å². The number of nitrogens with one attached hydrogen (secondary N) is 1. The summed E-state index contributed by atoms with van der Waals surface area (Å²) in [7, 11) is 0. The summed E-state index contributed by atoms with van der Waals surface area (Å²) in [6, 6.07) is 3.93. The van der Waals surface area contributed by atoms with Crippen molar-refractivity contribution in [2.75, 3.05) is 39.3 Å². The highest BCUT2D eigenvalue weighted by Gasteiger charge is 2.24. The molecule has 1 aromatic rings. The van der Waals surface area contributed by atoms with E-state index in [9.17, 15) is 4.79 Å². The Labute approximate surface area is 126 Å². The highest BCUT2D eigenvalue weighted by atomic mass is 16.3. The van der Waals surface area contributed by atoms with E-state index in [1.165, 1.54) is 0 Å². The van der Waals surface area contributed by atoms with Crippen LogP contribution in [0, 0.1) is 5.92 Å². The molecule has 1 amide bonds. The summed E-state index contributed by atoms with van der Waals surface area (Å²) in [5.74, 6) is 1.93. The number of hydrogen-bond donors (Lipinski definition) is 1. The van der Waals surface area contributed by atoms with E-state index in [0.717, 1.165) is 70.8 Å². The fourth-order valence-corrected chi connectivity index (χ4v) is 3.24. The van der Waals surface area contributed by atoms with E-state index < -0.39 is 0 Å². The Morgan fingerprint density at radius 3 is 2.67 bits per heavy atom. The molecule has 0 bridgehead atoms. The van der Waals surface area contributed by atoms with E-state index in [2.05, 4.69) is 10.2 Å². The van der Waals surface area contributed by atoms with Crippen LogP contribution in [-0.2, 0) is 11.3 Å². The molecule has 5 heteroatoms. The number of carbonyl (C=O) groups excluding carboxylic acids is 1. The van der Waals surface area contributed by atoms with Crippen LogP contribution in [0.4, 0.5) is 0 Å². The average Bonchev–Trinajstić information content (AvgIpc) is 3.02. The van der Waals surface area contributed by atoms with Gasteiger partial charge in [0.2, 0.25) is 5.91 Å². The van der Waals surface area contributed by atoms with E-state index in [-0.39, 0.29) is 0 Å². The summed E-state index contributed by atoms with van der Waals surface area (Å²) in [6.07, 6.45) is 4.74. The second-order valence-electron chi connectivity index (χ2n) is 6.13. The molecule has 2 aliphatic heterocycles. The lowest BCUT2D eigenvalue weighted by Gasteiger charge is -2.35. The number of nitrogens with zero attached hydrogens (tertiary/aromatic N) is 2. The summed E-state index contributed by atoms with van der Waals surface area (Å²) >= 11 is 0. The van der Waals surface area contributed by atoms with Crippen molar-refractivity contribution in [3.8, 4) is 0 Å². The Bertz CT molecular complexity index is 432. The zero-order valence-electron chi connectivity index (χ0n) is 12.6. The Kier molecular flexibility index (Phi) is 4.93.